The van der Waals surface area contributed by atoms with Gasteiger partial charge in [0.1, 0.15) is 0 Å². The fourth-order valence-corrected chi connectivity index (χ4v) is 4.07. The Morgan fingerprint density at radius 1 is 1.11 bits per heavy atom. The zero-order valence-electron chi connectivity index (χ0n) is 16.2. The van der Waals surface area contributed by atoms with Crippen molar-refractivity contribution in [2.75, 3.05) is 5.32 Å². The zero-order valence-corrected chi connectivity index (χ0v) is 17.0. The number of pyridine rings is 1. The van der Waals surface area contributed by atoms with Gasteiger partial charge in [-0.2, -0.15) is 5.10 Å². The molecule has 0 radical (unpaired) electrons. The van der Waals surface area contributed by atoms with E-state index in [1.807, 2.05) is 13.8 Å². The third kappa shape index (κ3) is 4.20. The molecule has 0 saturated heterocycles. The summed E-state index contributed by atoms with van der Waals surface area (Å²) in [5.74, 6) is -0.418. The van der Waals surface area contributed by atoms with Gasteiger partial charge in [-0.1, -0.05) is 6.07 Å². The van der Waals surface area contributed by atoms with Crippen LogP contribution in [0.5, 0.6) is 0 Å². The maximum Gasteiger partial charge on any atom is 0.255 e. The number of nitrogens with zero attached hydrogens (tertiary/aromatic N) is 3. The number of carbonyl (C=O) groups excluding carboxylic acids is 1. The van der Waals surface area contributed by atoms with Crippen LogP contribution in [0.3, 0.4) is 0 Å². The lowest BCUT2D eigenvalue weighted by molar-refractivity contribution is 0.102. The molecule has 9 heteroatoms. The van der Waals surface area contributed by atoms with E-state index in [4.69, 9.17) is 0 Å². The maximum absolute atomic E-state index is 12.6. The first kappa shape index (κ1) is 20.0. The van der Waals surface area contributed by atoms with E-state index in [1.165, 1.54) is 18.2 Å². The van der Waals surface area contributed by atoms with Crippen LogP contribution in [0.2, 0.25) is 0 Å². The van der Waals surface area contributed by atoms with Crippen LogP contribution in [0.4, 0.5) is 5.69 Å². The topological polar surface area (TPSA) is 106 Å². The summed E-state index contributed by atoms with van der Waals surface area (Å²) in [5.41, 5.74) is 1.49. The average molecular weight is 401 g/mol. The molecule has 2 heterocycles. The highest BCUT2D eigenvalue weighted by Crippen LogP contribution is 2.20. The number of anilines is 1. The monoisotopic (exact) mass is 401 g/mol. The molecule has 148 valence electrons. The van der Waals surface area contributed by atoms with Gasteiger partial charge in [0.25, 0.3) is 5.91 Å². The highest BCUT2D eigenvalue weighted by Gasteiger charge is 2.17. The van der Waals surface area contributed by atoms with Gasteiger partial charge in [-0.3, -0.25) is 4.79 Å². The molecular formula is C19H23N5O3S. The molecule has 0 aliphatic rings. The molecule has 0 atom stereocenters. The first-order chi connectivity index (χ1) is 13.2. The van der Waals surface area contributed by atoms with Gasteiger partial charge >= 0.3 is 0 Å². The lowest BCUT2D eigenvalue weighted by Gasteiger charge is -2.11. The van der Waals surface area contributed by atoms with Gasteiger partial charge in [0.2, 0.25) is 10.0 Å². The number of rotatable bonds is 6. The lowest BCUT2D eigenvalue weighted by atomic mass is 10.2. The maximum atomic E-state index is 12.6. The van der Waals surface area contributed by atoms with Crippen molar-refractivity contribution in [1.29, 1.82) is 0 Å². The standard InChI is InChI=1S/C19H23N5O3S/c1-12(2)23-28(26,27)17-7-5-6-14(9-17)19(25)22-16-8-15-10-21-24(13(3)4)18(15)20-11-16/h5-13,23H,1-4H3,(H,22,25). The molecule has 8 nitrogen and oxygen atoms in total. The van der Waals surface area contributed by atoms with E-state index in [2.05, 4.69) is 20.1 Å². The summed E-state index contributed by atoms with van der Waals surface area (Å²) in [4.78, 5) is 17.0. The van der Waals surface area contributed by atoms with Crippen LogP contribution < -0.4 is 10.0 Å². The van der Waals surface area contributed by atoms with Crippen LogP contribution in [0.15, 0.2) is 47.6 Å². The minimum Gasteiger partial charge on any atom is -0.321 e. The quantitative estimate of drug-likeness (QED) is 0.660. The second-order valence-corrected chi connectivity index (χ2v) is 8.79. The van der Waals surface area contributed by atoms with Crippen molar-refractivity contribution >= 4 is 32.7 Å². The molecular weight excluding hydrogens is 378 g/mol. The Labute approximate surface area is 164 Å². The van der Waals surface area contributed by atoms with Crippen LogP contribution in [-0.4, -0.2) is 35.1 Å². The first-order valence-corrected chi connectivity index (χ1v) is 10.4. The summed E-state index contributed by atoms with van der Waals surface area (Å²) in [6, 6.07) is 7.62. The Morgan fingerprint density at radius 2 is 1.86 bits per heavy atom. The predicted molar refractivity (Wildman–Crippen MR) is 108 cm³/mol. The summed E-state index contributed by atoms with van der Waals surface area (Å²) in [7, 11) is -3.68. The zero-order chi connectivity index (χ0) is 20.5. The largest absolute Gasteiger partial charge is 0.321 e. The van der Waals surface area contributed by atoms with Crippen molar-refractivity contribution in [3.8, 4) is 0 Å². The third-order valence-electron chi connectivity index (χ3n) is 3.98. The van der Waals surface area contributed by atoms with Crippen molar-refractivity contribution in [2.24, 2.45) is 0 Å². The van der Waals surface area contributed by atoms with Crippen LogP contribution in [0.25, 0.3) is 11.0 Å². The minimum absolute atomic E-state index is 0.0423. The second-order valence-electron chi connectivity index (χ2n) is 7.08. The normalized spacial score (nSPS) is 12.1. The summed E-state index contributed by atoms with van der Waals surface area (Å²) in [6.07, 6.45) is 3.25. The first-order valence-electron chi connectivity index (χ1n) is 8.94. The van der Waals surface area contributed by atoms with Gasteiger partial charge in [-0.15, -0.1) is 0 Å². The van der Waals surface area contributed by atoms with Crippen molar-refractivity contribution < 1.29 is 13.2 Å². The molecule has 0 saturated carbocycles. The van der Waals surface area contributed by atoms with Crippen LogP contribution >= 0.6 is 0 Å². The summed E-state index contributed by atoms with van der Waals surface area (Å²) >= 11 is 0. The molecule has 28 heavy (non-hydrogen) atoms. The molecule has 0 unspecified atom stereocenters. The molecule has 0 spiro atoms. The van der Waals surface area contributed by atoms with Crippen molar-refractivity contribution in [3.05, 3.63) is 48.3 Å². The summed E-state index contributed by atoms with van der Waals surface area (Å²) < 4.78 is 28.9. The van der Waals surface area contributed by atoms with Gasteiger partial charge in [-0.05, 0) is 52.0 Å². The molecule has 0 fully saturated rings. The summed E-state index contributed by atoms with van der Waals surface area (Å²) in [5, 5.41) is 7.87. The number of sulfonamides is 1. The van der Waals surface area contributed by atoms with Crippen molar-refractivity contribution in [3.63, 3.8) is 0 Å². The second kappa shape index (κ2) is 7.69. The number of amides is 1. The predicted octanol–water partition coefficient (Wildman–Crippen LogP) is 2.95. The molecule has 1 amide bonds. The Bertz CT molecular complexity index is 1120. The highest BCUT2D eigenvalue weighted by molar-refractivity contribution is 7.89. The molecule has 0 bridgehead atoms. The Balaban J connectivity index is 1.83. The molecule has 3 aromatic rings. The van der Waals surface area contributed by atoms with E-state index >= 15 is 0 Å². The van der Waals surface area contributed by atoms with Gasteiger partial charge in [-0.25, -0.2) is 22.8 Å². The molecule has 1 aromatic carbocycles. The third-order valence-corrected chi connectivity index (χ3v) is 5.63. The summed E-state index contributed by atoms with van der Waals surface area (Å²) in [6.45, 7) is 7.50. The Morgan fingerprint density at radius 3 is 2.54 bits per heavy atom. The number of fused-ring (bicyclic) bond motifs is 1. The number of hydrogen-bond acceptors (Lipinski definition) is 5. The van der Waals surface area contributed by atoms with E-state index in [0.717, 1.165) is 11.0 Å². The smallest absolute Gasteiger partial charge is 0.255 e. The Kier molecular flexibility index (Phi) is 5.48. The van der Waals surface area contributed by atoms with Gasteiger partial charge < -0.3 is 5.32 Å². The number of aromatic nitrogens is 3. The van der Waals surface area contributed by atoms with E-state index < -0.39 is 15.9 Å². The van der Waals surface area contributed by atoms with Crippen molar-refractivity contribution in [1.82, 2.24) is 19.5 Å². The van der Waals surface area contributed by atoms with E-state index in [1.54, 1.807) is 43.1 Å². The lowest BCUT2D eigenvalue weighted by Crippen LogP contribution is -2.30. The fourth-order valence-electron chi connectivity index (χ4n) is 2.77. The van der Waals surface area contributed by atoms with Crippen LogP contribution in [0.1, 0.15) is 44.1 Å². The van der Waals surface area contributed by atoms with Crippen LogP contribution in [-0.2, 0) is 10.0 Å². The molecule has 3 rings (SSSR count). The van der Waals surface area contributed by atoms with Gasteiger partial charge in [0.05, 0.1) is 23.0 Å². The average Bonchev–Trinajstić information content (AvgIpc) is 3.04. The highest BCUT2D eigenvalue weighted by atomic mass is 32.2. The number of nitrogens with one attached hydrogen (secondary N) is 2. The van der Waals surface area contributed by atoms with Crippen molar-refractivity contribution in [2.45, 2.75) is 44.7 Å². The number of carbonyl (C=O) groups is 1. The van der Waals surface area contributed by atoms with E-state index in [0.29, 0.717) is 5.69 Å². The minimum atomic E-state index is -3.68. The molecule has 0 aliphatic carbocycles. The Hall–Kier alpha value is -2.78. The molecule has 2 N–H and O–H groups in total. The fraction of sp³-hybridized carbons (Fsp3) is 0.316. The SMILES string of the molecule is CC(C)NS(=O)(=O)c1cccc(C(=O)Nc2cnc3c(cnn3C(C)C)c2)c1. The van der Waals surface area contributed by atoms with Gasteiger partial charge in [0.15, 0.2) is 5.65 Å². The molecule has 0 aliphatic heterocycles. The van der Waals surface area contributed by atoms with Crippen LogP contribution in [0, 0.1) is 0 Å². The molecule has 2 aromatic heterocycles. The number of benzene rings is 1. The number of hydrogen-bond donors (Lipinski definition) is 2. The van der Waals surface area contributed by atoms with E-state index in [-0.39, 0.29) is 22.5 Å². The van der Waals surface area contributed by atoms with Gasteiger partial charge in [0, 0.05) is 23.0 Å². The van der Waals surface area contributed by atoms with E-state index in [9.17, 15) is 13.2 Å².